The molecule has 1 N–H and O–H groups in total. The first-order valence-corrected chi connectivity index (χ1v) is 7.03. The second kappa shape index (κ2) is 5.29. The van der Waals surface area contributed by atoms with E-state index in [4.69, 9.17) is 4.74 Å². The molecule has 2 aliphatic rings. The topological polar surface area (TPSA) is 24.5 Å². The summed E-state index contributed by atoms with van der Waals surface area (Å²) >= 11 is 0. The number of aryl methyl sites for hydroxylation is 1. The largest absolute Gasteiger partial charge is 0.493 e. The van der Waals surface area contributed by atoms with E-state index >= 15 is 0 Å². The van der Waals surface area contributed by atoms with Gasteiger partial charge in [-0.3, -0.25) is 4.90 Å². The molecular weight excluding hydrogens is 224 g/mol. The highest BCUT2D eigenvalue weighted by Crippen LogP contribution is 2.36. The Labute approximate surface area is 109 Å². The Hall–Kier alpha value is -1.06. The van der Waals surface area contributed by atoms with Gasteiger partial charge in [0.2, 0.25) is 0 Å². The zero-order valence-corrected chi connectivity index (χ0v) is 11.1. The molecule has 2 aliphatic heterocycles. The Morgan fingerprint density at radius 2 is 2.11 bits per heavy atom. The molecule has 1 aromatic rings. The fourth-order valence-electron chi connectivity index (χ4n) is 3.05. The van der Waals surface area contributed by atoms with Crippen LogP contribution in [0.15, 0.2) is 18.2 Å². The van der Waals surface area contributed by atoms with Crippen LogP contribution >= 0.6 is 0 Å². The molecule has 0 radical (unpaired) electrons. The number of nitrogens with zero attached hydrogens (tertiary/aromatic N) is 1. The second-order valence-corrected chi connectivity index (χ2v) is 5.33. The lowest BCUT2D eigenvalue weighted by Gasteiger charge is -2.35. The third-order valence-corrected chi connectivity index (χ3v) is 4.00. The summed E-state index contributed by atoms with van der Waals surface area (Å²) in [5, 5.41) is 3.43. The van der Waals surface area contributed by atoms with E-state index in [1.165, 1.54) is 17.5 Å². The van der Waals surface area contributed by atoms with Gasteiger partial charge in [0.1, 0.15) is 5.75 Å². The summed E-state index contributed by atoms with van der Waals surface area (Å²) in [5.41, 5.74) is 2.73. The highest BCUT2D eigenvalue weighted by Gasteiger charge is 2.26. The fourth-order valence-corrected chi connectivity index (χ4v) is 3.05. The minimum atomic E-state index is 0.546. The van der Waals surface area contributed by atoms with Crippen LogP contribution in [0, 0.1) is 6.92 Å². The van der Waals surface area contributed by atoms with Crippen LogP contribution in [0.1, 0.15) is 30.0 Å². The van der Waals surface area contributed by atoms with Gasteiger partial charge in [-0.1, -0.05) is 17.7 Å². The number of hydrogen-bond donors (Lipinski definition) is 1. The van der Waals surface area contributed by atoms with Crippen LogP contribution in [-0.2, 0) is 0 Å². The lowest BCUT2D eigenvalue weighted by Crippen LogP contribution is -2.45. The molecule has 0 amide bonds. The van der Waals surface area contributed by atoms with Crippen LogP contribution in [0.25, 0.3) is 0 Å². The molecule has 1 fully saturated rings. The molecule has 1 unspecified atom stereocenters. The Balaban J connectivity index is 1.91. The van der Waals surface area contributed by atoms with Crippen LogP contribution in [0.2, 0.25) is 0 Å². The summed E-state index contributed by atoms with van der Waals surface area (Å²) in [6.45, 7) is 7.55. The van der Waals surface area contributed by atoms with Crippen molar-refractivity contribution in [2.75, 3.05) is 32.8 Å². The van der Waals surface area contributed by atoms with Crippen molar-refractivity contribution < 1.29 is 4.74 Å². The Bertz CT molecular complexity index is 413. The summed E-state index contributed by atoms with van der Waals surface area (Å²) in [7, 11) is 0. The van der Waals surface area contributed by atoms with Crippen molar-refractivity contribution in [3.8, 4) is 5.75 Å². The van der Waals surface area contributed by atoms with Crippen LogP contribution in [0.3, 0.4) is 0 Å². The molecule has 3 heteroatoms. The maximum atomic E-state index is 5.88. The van der Waals surface area contributed by atoms with Gasteiger partial charge in [0.25, 0.3) is 0 Å². The van der Waals surface area contributed by atoms with Gasteiger partial charge < -0.3 is 10.1 Å². The molecule has 3 rings (SSSR count). The van der Waals surface area contributed by atoms with Crippen LogP contribution in [0.4, 0.5) is 0 Å². The van der Waals surface area contributed by atoms with Crippen molar-refractivity contribution in [1.29, 1.82) is 0 Å². The number of piperazine rings is 1. The first-order valence-electron chi connectivity index (χ1n) is 7.03. The molecule has 2 heterocycles. The Morgan fingerprint density at radius 1 is 1.28 bits per heavy atom. The summed E-state index contributed by atoms with van der Waals surface area (Å²) in [4.78, 5) is 2.61. The summed E-state index contributed by atoms with van der Waals surface area (Å²) in [6.07, 6.45) is 2.37. The number of fused-ring (bicyclic) bond motifs is 1. The van der Waals surface area contributed by atoms with E-state index < -0.39 is 0 Å². The van der Waals surface area contributed by atoms with Crippen molar-refractivity contribution in [2.24, 2.45) is 0 Å². The first kappa shape index (κ1) is 12.0. The molecule has 98 valence electrons. The number of benzene rings is 1. The maximum absolute atomic E-state index is 5.88. The van der Waals surface area contributed by atoms with E-state index in [0.29, 0.717) is 6.04 Å². The first-order chi connectivity index (χ1) is 8.84. The number of hydrogen-bond acceptors (Lipinski definition) is 3. The normalized spacial score (nSPS) is 25.1. The molecule has 0 saturated carbocycles. The van der Waals surface area contributed by atoms with E-state index in [2.05, 4.69) is 35.3 Å². The van der Waals surface area contributed by atoms with Gasteiger partial charge in [-0.25, -0.2) is 0 Å². The zero-order valence-electron chi connectivity index (χ0n) is 11.1. The molecule has 1 atom stereocenters. The molecular formula is C15H22N2O. The molecule has 18 heavy (non-hydrogen) atoms. The third-order valence-electron chi connectivity index (χ3n) is 4.00. The van der Waals surface area contributed by atoms with Gasteiger partial charge in [-0.15, -0.1) is 0 Å². The monoisotopic (exact) mass is 246 g/mol. The Morgan fingerprint density at radius 3 is 2.94 bits per heavy atom. The molecule has 0 bridgehead atoms. The Kier molecular flexibility index (Phi) is 3.52. The van der Waals surface area contributed by atoms with Crippen molar-refractivity contribution >= 4 is 0 Å². The fraction of sp³-hybridized carbons (Fsp3) is 0.600. The molecule has 1 aromatic carbocycles. The minimum absolute atomic E-state index is 0.546. The van der Waals surface area contributed by atoms with Gasteiger partial charge in [0.05, 0.1) is 6.61 Å². The number of nitrogens with one attached hydrogen (secondary N) is 1. The standard InChI is InChI=1S/C15H22N2O/c1-12-4-5-15-13(11-12)14(3-2-10-18-15)17-8-6-16-7-9-17/h4-5,11,14,16H,2-3,6-10H2,1H3. The zero-order chi connectivity index (χ0) is 12.4. The molecule has 1 saturated heterocycles. The summed E-state index contributed by atoms with van der Waals surface area (Å²) in [6, 6.07) is 7.15. The van der Waals surface area contributed by atoms with Gasteiger partial charge in [-0.05, 0) is 25.8 Å². The van der Waals surface area contributed by atoms with Crippen molar-refractivity contribution in [2.45, 2.75) is 25.8 Å². The van der Waals surface area contributed by atoms with E-state index in [9.17, 15) is 0 Å². The predicted molar refractivity (Wildman–Crippen MR) is 73.1 cm³/mol. The second-order valence-electron chi connectivity index (χ2n) is 5.33. The smallest absolute Gasteiger partial charge is 0.124 e. The van der Waals surface area contributed by atoms with Gasteiger partial charge in [-0.2, -0.15) is 0 Å². The molecule has 3 nitrogen and oxygen atoms in total. The lowest BCUT2D eigenvalue weighted by molar-refractivity contribution is 0.165. The SMILES string of the molecule is Cc1ccc2c(c1)C(N1CCNCC1)CCCO2. The van der Waals surface area contributed by atoms with Gasteiger partial charge in [0.15, 0.2) is 0 Å². The van der Waals surface area contributed by atoms with Crippen molar-refractivity contribution in [1.82, 2.24) is 10.2 Å². The van der Waals surface area contributed by atoms with E-state index in [0.717, 1.165) is 45.0 Å². The average molecular weight is 246 g/mol. The van der Waals surface area contributed by atoms with Crippen LogP contribution in [0.5, 0.6) is 5.75 Å². The van der Waals surface area contributed by atoms with E-state index in [1.54, 1.807) is 0 Å². The van der Waals surface area contributed by atoms with Gasteiger partial charge >= 0.3 is 0 Å². The summed E-state index contributed by atoms with van der Waals surface area (Å²) < 4.78 is 5.88. The predicted octanol–water partition coefficient (Wildman–Crippen LogP) is 2.11. The lowest BCUT2D eigenvalue weighted by atomic mass is 9.98. The van der Waals surface area contributed by atoms with Gasteiger partial charge in [0, 0.05) is 37.8 Å². The van der Waals surface area contributed by atoms with Crippen LogP contribution in [-0.4, -0.2) is 37.7 Å². The quantitative estimate of drug-likeness (QED) is 0.821. The third kappa shape index (κ3) is 2.38. The summed E-state index contributed by atoms with van der Waals surface area (Å²) in [5.74, 6) is 1.10. The average Bonchev–Trinajstić information content (AvgIpc) is 2.61. The van der Waals surface area contributed by atoms with Crippen molar-refractivity contribution in [3.05, 3.63) is 29.3 Å². The molecule has 0 aliphatic carbocycles. The molecule has 0 spiro atoms. The number of rotatable bonds is 1. The maximum Gasteiger partial charge on any atom is 0.124 e. The van der Waals surface area contributed by atoms with Crippen molar-refractivity contribution in [3.63, 3.8) is 0 Å². The minimum Gasteiger partial charge on any atom is -0.493 e. The molecule has 0 aromatic heterocycles. The van der Waals surface area contributed by atoms with E-state index in [-0.39, 0.29) is 0 Å². The van der Waals surface area contributed by atoms with Crippen LogP contribution < -0.4 is 10.1 Å². The highest BCUT2D eigenvalue weighted by molar-refractivity contribution is 5.39. The number of ether oxygens (including phenoxy) is 1. The van der Waals surface area contributed by atoms with E-state index in [1.807, 2.05) is 0 Å². The highest BCUT2D eigenvalue weighted by atomic mass is 16.5.